The van der Waals surface area contributed by atoms with E-state index in [9.17, 15) is 4.79 Å². The Balaban J connectivity index is 1.45. The first kappa shape index (κ1) is 17.0. The summed E-state index contributed by atoms with van der Waals surface area (Å²) < 4.78 is 11.0. The third kappa shape index (κ3) is 5.36. The number of hydrogen-bond donors (Lipinski definition) is 1. The molecule has 3 aromatic rings. The normalized spacial score (nSPS) is 10.4. The molecule has 3 rings (SSSR count). The number of hydrogen-bond acceptors (Lipinski definition) is 6. The zero-order chi connectivity index (χ0) is 17.5. The Bertz CT molecular complexity index is 819. The van der Waals surface area contributed by atoms with Gasteiger partial charge in [0.1, 0.15) is 5.75 Å². The van der Waals surface area contributed by atoms with Gasteiger partial charge in [-0.3, -0.25) is 4.79 Å². The number of thioether (sulfide) groups is 1. The lowest BCUT2D eigenvalue weighted by molar-refractivity contribution is -0.113. The highest BCUT2D eigenvalue weighted by molar-refractivity contribution is 7.99. The van der Waals surface area contributed by atoms with Crippen LogP contribution in [-0.4, -0.2) is 21.9 Å². The van der Waals surface area contributed by atoms with Crippen LogP contribution in [0.1, 0.15) is 11.5 Å². The second kappa shape index (κ2) is 8.34. The number of nitrogens with one attached hydrogen (secondary N) is 1. The quantitative estimate of drug-likeness (QED) is 0.651. The first-order valence-corrected chi connectivity index (χ1v) is 8.67. The fourth-order valence-electron chi connectivity index (χ4n) is 1.98. The van der Waals surface area contributed by atoms with Crippen LogP contribution in [0.4, 0.5) is 5.69 Å². The molecule has 0 fully saturated rings. The van der Waals surface area contributed by atoms with Gasteiger partial charge in [-0.05, 0) is 31.2 Å². The number of para-hydroxylation sites is 1. The Morgan fingerprint density at radius 1 is 1.12 bits per heavy atom. The minimum absolute atomic E-state index is 0.133. The van der Waals surface area contributed by atoms with Crippen molar-refractivity contribution in [2.75, 3.05) is 11.1 Å². The molecule has 0 saturated carbocycles. The highest BCUT2D eigenvalue weighted by atomic mass is 32.2. The number of carbonyl (C=O) groups excluding carboxylic acids is 1. The lowest BCUT2D eigenvalue weighted by Crippen LogP contribution is -2.13. The van der Waals surface area contributed by atoms with Crippen molar-refractivity contribution in [1.82, 2.24) is 10.2 Å². The number of carbonyl (C=O) groups is 1. The van der Waals surface area contributed by atoms with Crippen molar-refractivity contribution in [2.24, 2.45) is 0 Å². The van der Waals surface area contributed by atoms with Crippen molar-refractivity contribution in [2.45, 2.75) is 18.8 Å². The van der Waals surface area contributed by atoms with Crippen LogP contribution in [0.5, 0.6) is 5.75 Å². The Labute approximate surface area is 149 Å². The van der Waals surface area contributed by atoms with Crippen LogP contribution in [-0.2, 0) is 11.4 Å². The Morgan fingerprint density at radius 2 is 1.88 bits per heavy atom. The summed E-state index contributed by atoms with van der Waals surface area (Å²) in [6.45, 7) is 2.20. The molecule has 25 heavy (non-hydrogen) atoms. The van der Waals surface area contributed by atoms with E-state index in [0.29, 0.717) is 11.1 Å². The van der Waals surface area contributed by atoms with E-state index in [1.54, 1.807) is 0 Å². The van der Waals surface area contributed by atoms with E-state index in [-0.39, 0.29) is 18.3 Å². The average molecular weight is 355 g/mol. The van der Waals surface area contributed by atoms with Crippen LogP contribution >= 0.6 is 11.8 Å². The first-order valence-electron chi connectivity index (χ1n) is 7.68. The van der Waals surface area contributed by atoms with Gasteiger partial charge in [0.2, 0.25) is 5.91 Å². The third-order valence-electron chi connectivity index (χ3n) is 3.22. The summed E-state index contributed by atoms with van der Waals surface area (Å²) in [7, 11) is 0. The van der Waals surface area contributed by atoms with Gasteiger partial charge in [0, 0.05) is 5.69 Å². The predicted octanol–water partition coefficient (Wildman–Crippen LogP) is 3.69. The van der Waals surface area contributed by atoms with Crippen molar-refractivity contribution in [3.05, 3.63) is 66.1 Å². The standard InChI is InChI=1S/C18H17N3O3S/c1-13-7-9-15(10-8-13)23-11-17-20-21-18(24-17)25-12-16(22)19-14-5-3-2-4-6-14/h2-10H,11-12H2,1H3,(H,19,22). The van der Waals surface area contributed by atoms with Crippen LogP contribution in [0.2, 0.25) is 0 Å². The number of anilines is 1. The highest BCUT2D eigenvalue weighted by Crippen LogP contribution is 2.18. The minimum atomic E-state index is -0.133. The number of nitrogens with zero attached hydrogens (tertiary/aromatic N) is 2. The van der Waals surface area contributed by atoms with Gasteiger partial charge in [-0.15, -0.1) is 10.2 Å². The first-order chi connectivity index (χ1) is 12.2. The topological polar surface area (TPSA) is 77.2 Å². The van der Waals surface area contributed by atoms with Crippen molar-refractivity contribution >= 4 is 23.4 Å². The Morgan fingerprint density at radius 3 is 2.64 bits per heavy atom. The number of ether oxygens (including phenoxy) is 1. The summed E-state index contributed by atoms with van der Waals surface area (Å²) in [5.41, 5.74) is 1.92. The van der Waals surface area contributed by atoms with Gasteiger partial charge >= 0.3 is 0 Å². The summed E-state index contributed by atoms with van der Waals surface area (Å²) in [5, 5.41) is 11.0. The average Bonchev–Trinajstić information content (AvgIpc) is 3.08. The van der Waals surface area contributed by atoms with E-state index in [1.165, 1.54) is 11.8 Å². The molecule has 128 valence electrons. The number of benzene rings is 2. The number of rotatable bonds is 7. The Kier molecular flexibility index (Phi) is 5.69. The predicted molar refractivity (Wildman–Crippen MR) is 95.6 cm³/mol. The van der Waals surface area contributed by atoms with Crippen molar-refractivity contribution in [3.63, 3.8) is 0 Å². The monoisotopic (exact) mass is 355 g/mol. The maximum Gasteiger partial charge on any atom is 0.277 e. The van der Waals surface area contributed by atoms with Gasteiger partial charge < -0.3 is 14.5 Å². The molecule has 0 unspecified atom stereocenters. The second-order valence-corrected chi connectivity index (χ2v) is 6.19. The van der Waals surface area contributed by atoms with E-state index >= 15 is 0 Å². The largest absolute Gasteiger partial charge is 0.484 e. The molecule has 2 aromatic carbocycles. The molecule has 0 aliphatic carbocycles. The molecule has 6 nitrogen and oxygen atoms in total. The zero-order valence-corrected chi connectivity index (χ0v) is 14.5. The van der Waals surface area contributed by atoms with Gasteiger partial charge in [-0.1, -0.05) is 47.7 Å². The summed E-state index contributed by atoms with van der Waals surface area (Å²) >= 11 is 1.18. The van der Waals surface area contributed by atoms with Crippen LogP contribution in [0.15, 0.2) is 64.2 Å². The molecule has 1 N–H and O–H groups in total. The van der Waals surface area contributed by atoms with E-state index < -0.39 is 0 Å². The molecule has 0 saturated heterocycles. The molecule has 0 bridgehead atoms. The van der Waals surface area contributed by atoms with E-state index in [2.05, 4.69) is 15.5 Å². The lowest BCUT2D eigenvalue weighted by atomic mass is 10.2. The third-order valence-corrected chi connectivity index (χ3v) is 4.03. The van der Waals surface area contributed by atoms with Crippen LogP contribution in [0, 0.1) is 6.92 Å². The van der Waals surface area contributed by atoms with E-state index in [1.807, 2.05) is 61.5 Å². The molecule has 0 aliphatic heterocycles. The van der Waals surface area contributed by atoms with E-state index in [4.69, 9.17) is 9.15 Å². The van der Waals surface area contributed by atoms with Crippen LogP contribution < -0.4 is 10.1 Å². The minimum Gasteiger partial charge on any atom is -0.484 e. The lowest BCUT2D eigenvalue weighted by Gasteiger charge is -2.03. The second-order valence-electron chi connectivity index (χ2n) is 5.27. The Hall–Kier alpha value is -2.80. The van der Waals surface area contributed by atoms with E-state index in [0.717, 1.165) is 17.0 Å². The molecule has 1 amide bonds. The summed E-state index contributed by atoms with van der Waals surface area (Å²) in [6, 6.07) is 17.0. The van der Waals surface area contributed by atoms with Crippen molar-refractivity contribution < 1.29 is 13.9 Å². The molecular weight excluding hydrogens is 338 g/mol. The fourth-order valence-corrected chi connectivity index (χ4v) is 2.56. The molecule has 0 aliphatic rings. The van der Waals surface area contributed by atoms with Crippen molar-refractivity contribution in [1.29, 1.82) is 0 Å². The molecule has 7 heteroatoms. The molecule has 0 spiro atoms. The maximum atomic E-state index is 11.9. The maximum absolute atomic E-state index is 11.9. The molecule has 0 atom stereocenters. The highest BCUT2D eigenvalue weighted by Gasteiger charge is 2.10. The fraction of sp³-hybridized carbons (Fsp3) is 0.167. The van der Waals surface area contributed by atoms with Crippen LogP contribution in [0.25, 0.3) is 0 Å². The molecular formula is C18H17N3O3S. The van der Waals surface area contributed by atoms with Gasteiger partial charge in [-0.2, -0.15) is 0 Å². The number of aromatic nitrogens is 2. The summed E-state index contributed by atoms with van der Waals surface area (Å²) in [6.07, 6.45) is 0. The van der Waals surface area contributed by atoms with Gasteiger partial charge in [0.25, 0.3) is 11.1 Å². The molecule has 1 aromatic heterocycles. The number of aryl methyl sites for hydroxylation is 1. The smallest absolute Gasteiger partial charge is 0.277 e. The van der Waals surface area contributed by atoms with Crippen molar-refractivity contribution in [3.8, 4) is 5.75 Å². The summed E-state index contributed by atoms with van der Waals surface area (Å²) in [4.78, 5) is 11.9. The molecule has 1 heterocycles. The van der Waals surface area contributed by atoms with Crippen LogP contribution in [0.3, 0.4) is 0 Å². The van der Waals surface area contributed by atoms with Gasteiger partial charge in [-0.25, -0.2) is 0 Å². The van der Waals surface area contributed by atoms with Gasteiger partial charge in [0.15, 0.2) is 6.61 Å². The zero-order valence-electron chi connectivity index (χ0n) is 13.6. The molecule has 0 radical (unpaired) electrons. The summed E-state index contributed by atoms with van der Waals surface area (Å²) in [5.74, 6) is 1.16. The van der Waals surface area contributed by atoms with Gasteiger partial charge in [0.05, 0.1) is 5.75 Å². The SMILES string of the molecule is Cc1ccc(OCc2nnc(SCC(=O)Nc3ccccc3)o2)cc1. The number of amides is 1.